The first-order valence-corrected chi connectivity index (χ1v) is 12.3. The highest BCUT2D eigenvalue weighted by Crippen LogP contribution is 2.44. The van der Waals surface area contributed by atoms with Gasteiger partial charge < -0.3 is 23.8 Å². The van der Waals surface area contributed by atoms with E-state index in [1.807, 2.05) is 30.3 Å². The number of nitrogens with zero attached hydrogens (tertiary/aromatic N) is 2. The third kappa shape index (κ3) is 3.82. The summed E-state index contributed by atoms with van der Waals surface area (Å²) < 4.78 is 25.1. The van der Waals surface area contributed by atoms with Gasteiger partial charge in [-0.1, -0.05) is 12.1 Å². The molecule has 37 heavy (non-hydrogen) atoms. The predicted octanol–water partition coefficient (Wildman–Crippen LogP) is 4.39. The molecule has 0 saturated heterocycles. The number of fused-ring (bicyclic) bond motifs is 5. The molecule has 7 heteroatoms. The topological polar surface area (TPSA) is 61.1 Å². The lowest BCUT2D eigenvalue weighted by molar-refractivity contribution is -0.686. The summed E-state index contributed by atoms with van der Waals surface area (Å²) in [6, 6.07) is 16.2. The first-order valence-electron chi connectivity index (χ1n) is 12.3. The number of aromatic nitrogens is 1. The lowest BCUT2D eigenvalue weighted by atomic mass is 9.88. The third-order valence-electron chi connectivity index (χ3n) is 7.23. The lowest BCUT2D eigenvalue weighted by Gasteiger charge is -2.21. The number of aryl methyl sites for hydroxylation is 2. The quantitative estimate of drug-likeness (QED) is 0.383. The average molecular weight is 498 g/mol. The smallest absolute Gasteiger partial charge is 0.253 e. The summed E-state index contributed by atoms with van der Waals surface area (Å²) >= 11 is 0. The van der Waals surface area contributed by atoms with E-state index in [1.54, 1.807) is 33.2 Å². The zero-order valence-corrected chi connectivity index (χ0v) is 21.5. The highest BCUT2D eigenvalue weighted by Gasteiger charge is 2.32. The monoisotopic (exact) mass is 497 g/mol. The Balaban J connectivity index is 1.56. The SMILES string of the molecule is COc1ccc2c(Cc3ccc(C(=O)N(C)C)cc3)c3[n+](cc2c1OC)CCc1cc2c(cc1-3)OCO2. The van der Waals surface area contributed by atoms with E-state index in [0.717, 1.165) is 57.8 Å². The second-order valence-electron chi connectivity index (χ2n) is 9.60. The Morgan fingerprint density at radius 3 is 2.43 bits per heavy atom. The van der Waals surface area contributed by atoms with E-state index in [2.05, 4.69) is 29.0 Å². The molecule has 3 aromatic carbocycles. The van der Waals surface area contributed by atoms with Crippen LogP contribution in [0, 0.1) is 0 Å². The normalized spacial score (nSPS) is 13.2. The van der Waals surface area contributed by atoms with Gasteiger partial charge in [-0.05, 0) is 47.5 Å². The largest absolute Gasteiger partial charge is 0.493 e. The Kier molecular flexibility index (Phi) is 5.63. The van der Waals surface area contributed by atoms with E-state index in [0.29, 0.717) is 17.7 Å². The number of benzene rings is 3. The van der Waals surface area contributed by atoms with E-state index in [4.69, 9.17) is 18.9 Å². The van der Waals surface area contributed by atoms with Gasteiger partial charge in [0.05, 0.1) is 25.2 Å². The summed E-state index contributed by atoms with van der Waals surface area (Å²) in [5, 5.41) is 2.10. The minimum Gasteiger partial charge on any atom is -0.493 e. The van der Waals surface area contributed by atoms with Crippen molar-refractivity contribution in [3.8, 4) is 34.3 Å². The van der Waals surface area contributed by atoms with Crippen molar-refractivity contribution in [2.45, 2.75) is 19.4 Å². The summed E-state index contributed by atoms with van der Waals surface area (Å²) in [6.45, 7) is 1.08. The minimum absolute atomic E-state index is 0.00789. The molecule has 0 bridgehead atoms. The van der Waals surface area contributed by atoms with E-state index >= 15 is 0 Å². The van der Waals surface area contributed by atoms with E-state index in [9.17, 15) is 4.79 Å². The van der Waals surface area contributed by atoms with Gasteiger partial charge in [-0.25, -0.2) is 0 Å². The fourth-order valence-corrected chi connectivity index (χ4v) is 5.42. The molecule has 7 nitrogen and oxygen atoms in total. The summed E-state index contributed by atoms with van der Waals surface area (Å²) in [4.78, 5) is 14.0. The zero-order chi connectivity index (χ0) is 25.7. The summed E-state index contributed by atoms with van der Waals surface area (Å²) in [5.74, 6) is 3.00. The number of hydrogen-bond donors (Lipinski definition) is 0. The van der Waals surface area contributed by atoms with Crippen molar-refractivity contribution in [2.75, 3.05) is 35.1 Å². The molecule has 0 fully saturated rings. The first-order chi connectivity index (χ1) is 18.0. The second kappa shape index (κ2) is 9.00. The van der Waals surface area contributed by atoms with Gasteiger partial charge >= 0.3 is 0 Å². The zero-order valence-electron chi connectivity index (χ0n) is 21.5. The predicted molar refractivity (Wildman–Crippen MR) is 140 cm³/mol. The molecule has 2 aliphatic rings. The van der Waals surface area contributed by atoms with Crippen LogP contribution in [0.1, 0.15) is 27.0 Å². The maximum Gasteiger partial charge on any atom is 0.253 e. The molecule has 0 aliphatic carbocycles. The van der Waals surface area contributed by atoms with Gasteiger partial charge in [0, 0.05) is 43.5 Å². The van der Waals surface area contributed by atoms with Gasteiger partial charge in [0.2, 0.25) is 12.5 Å². The fourth-order valence-electron chi connectivity index (χ4n) is 5.42. The van der Waals surface area contributed by atoms with Gasteiger partial charge in [0.15, 0.2) is 35.7 Å². The van der Waals surface area contributed by atoms with Crippen molar-refractivity contribution in [1.82, 2.24) is 4.90 Å². The van der Waals surface area contributed by atoms with Crippen LogP contribution in [0.3, 0.4) is 0 Å². The highest BCUT2D eigenvalue weighted by atomic mass is 16.7. The van der Waals surface area contributed by atoms with Crippen molar-refractivity contribution in [1.29, 1.82) is 0 Å². The van der Waals surface area contributed by atoms with Crippen LogP contribution in [-0.4, -0.2) is 45.9 Å². The number of carbonyl (C=O) groups is 1. The molecule has 188 valence electrons. The highest BCUT2D eigenvalue weighted by molar-refractivity contribution is 5.96. The van der Waals surface area contributed by atoms with E-state index in [-0.39, 0.29) is 12.7 Å². The van der Waals surface area contributed by atoms with Crippen molar-refractivity contribution >= 4 is 16.7 Å². The Labute approximate surface area is 215 Å². The van der Waals surface area contributed by atoms with Gasteiger partial charge in [-0.2, -0.15) is 4.57 Å². The van der Waals surface area contributed by atoms with Crippen molar-refractivity contribution in [2.24, 2.45) is 0 Å². The number of rotatable bonds is 5. The van der Waals surface area contributed by atoms with Gasteiger partial charge in [-0.3, -0.25) is 4.79 Å². The number of hydrogen-bond acceptors (Lipinski definition) is 5. The van der Waals surface area contributed by atoms with Crippen LogP contribution >= 0.6 is 0 Å². The molecule has 0 saturated carbocycles. The van der Waals surface area contributed by atoms with Crippen LogP contribution in [0.25, 0.3) is 22.0 Å². The van der Waals surface area contributed by atoms with Crippen LogP contribution < -0.4 is 23.5 Å². The van der Waals surface area contributed by atoms with Gasteiger partial charge in [0.25, 0.3) is 5.91 Å². The molecule has 0 radical (unpaired) electrons. The Bertz CT molecular complexity index is 1540. The number of carbonyl (C=O) groups excluding carboxylic acids is 1. The van der Waals surface area contributed by atoms with Crippen LogP contribution in [0.2, 0.25) is 0 Å². The minimum atomic E-state index is -0.00789. The fraction of sp³-hybridized carbons (Fsp3) is 0.267. The molecular weight excluding hydrogens is 468 g/mol. The number of methoxy groups -OCH3 is 2. The van der Waals surface area contributed by atoms with Crippen molar-refractivity contribution in [3.05, 3.63) is 77.0 Å². The van der Waals surface area contributed by atoms with Crippen molar-refractivity contribution < 1.29 is 28.3 Å². The first kappa shape index (κ1) is 23.2. The summed E-state index contributed by atoms with van der Waals surface area (Å²) in [7, 11) is 6.87. The summed E-state index contributed by atoms with van der Waals surface area (Å²) in [6.07, 6.45) is 3.75. The van der Waals surface area contributed by atoms with Crippen LogP contribution in [-0.2, 0) is 19.4 Å². The number of ether oxygens (including phenoxy) is 4. The number of pyridine rings is 1. The van der Waals surface area contributed by atoms with E-state index < -0.39 is 0 Å². The standard InChI is InChI=1S/C30H29N2O5/c1-31(2)30(33)19-7-5-18(6-8-19)13-23-21-9-10-25(34-3)29(35-4)24(21)16-32-12-11-20-14-26-27(37-17-36-26)15-22(20)28(23)32/h5-10,14-16H,11-13,17H2,1-4H3/q+1. The molecule has 3 heterocycles. The van der Waals surface area contributed by atoms with Crippen LogP contribution in [0.4, 0.5) is 0 Å². The third-order valence-corrected chi connectivity index (χ3v) is 7.23. The second-order valence-corrected chi connectivity index (χ2v) is 9.60. The Morgan fingerprint density at radius 1 is 0.973 bits per heavy atom. The molecule has 2 aliphatic heterocycles. The maximum absolute atomic E-state index is 12.4. The van der Waals surface area contributed by atoms with Crippen LogP contribution in [0.5, 0.6) is 23.0 Å². The molecular formula is C30H29N2O5+. The van der Waals surface area contributed by atoms with Gasteiger partial charge in [0.1, 0.15) is 0 Å². The summed E-state index contributed by atoms with van der Waals surface area (Å²) in [5.41, 5.74) is 6.54. The van der Waals surface area contributed by atoms with Gasteiger partial charge in [-0.15, -0.1) is 0 Å². The Hall–Kier alpha value is -4.26. The molecule has 1 aromatic heterocycles. The molecule has 1 amide bonds. The van der Waals surface area contributed by atoms with Crippen molar-refractivity contribution in [3.63, 3.8) is 0 Å². The molecule has 4 aromatic rings. The number of amides is 1. The maximum atomic E-state index is 12.4. The van der Waals surface area contributed by atoms with E-state index in [1.165, 1.54) is 11.1 Å². The molecule has 0 unspecified atom stereocenters. The molecule has 0 spiro atoms. The van der Waals surface area contributed by atoms with Crippen LogP contribution in [0.15, 0.2) is 54.7 Å². The molecule has 0 N–H and O–H groups in total. The average Bonchev–Trinajstić information content (AvgIpc) is 3.38. The lowest BCUT2D eigenvalue weighted by Crippen LogP contribution is -2.41. The molecule has 0 atom stereocenters. The molecule has 6 rings (SSSR count). The Morgan fingerprint density at radius 2 is 1.73 bits per heavy atom.